The first-order valence-electron chi connectivity index (χ1n) is 12.1. The SMILES string of the molecule is COc1cccc(OC)c1-n1c(CS(=O)(=O)C[C@@H](O)c2ccc(C#N)cc2S(C)(=O)=O)nnc1-c1cncc(C)c1. The summed E-state index contributed by atoms with van der Waals surface area (Å²) in [6.45, 7) is 1.85. The molecule has 0 aliphatic rings. The Morgan fingerprint density at radius 3 is 2.29 bits per heavy atom. The minimum atomic E-state index is -4.14. The molecule has 2 aromatic heterocycles. The minimum absolute atomic E-state index is 0.000305. The van der Waals surface area contributed by atoms with Crippen molar-refractivity contribution >= 4 is 19.7 Å². The van der Waals surface area contributed by atoms with Crippen molar-refractivity contribution in [1.29, 1.82) is 5.26 Å². The molecule has 4 aromatic rings. The standard InChI is InChI=1S/C27H27N5O7S2/c1-17-10-19(14-29-13-17)27-31-30-25(32(27)26-22(38-2)6-5-7-23(26)39-3)16-41(36,37)15-21(33)20-9-8-18(12-28)11-24(20)40(4,34)35/h5-11,13-14,21,33H,15-16H2,1-4H3/t21-/m1/s1. The van der Waals surface area contributed by atoms with E-state index in [1.54, 1.807) is 30.6 Å². The van der Waals surface area contributed by atoms with Gasteiger partial charge >= 0.3 is 0 Å². The molecule has 14 heteroatoms. The fourth-order valence-corrected chi connectivity index (χ4v) is 6.68. The van der Waals surface area contributed by atoms with Crippen molar-refractivity contribution in [3.8, 4) is 34.6 Å². The minimum Gasteiger partial charge on any atom is -0.494 e. The number of para-hydroxylation sites is 1. The number of aryl methyl sites for hydroxylation is 1. The molecule has 4 rings (SSSR count). The molecule has 12 nitrogen and oxygen atoms in total. The highest BCUT2D eigenvalue weighted by Gasteiger charge is 2.29. The average Bonchev–Trinajstić information content (AvgIpc) is 3.33. The van der Waals surface area contributed by atoms with Crippen LogP contribution in [-0.2, 0) is 25.4 Å². The van der Waals surface area contributed by atoms with Crippen LogP contribution in [0.15, 0.2) is 59.8 Å². The zero-order valence-electron chi connectivity index (χ0n) is 22.6. The van der Waals surface area contributed by atoms with Gasteiger partial charge in [0, 0.05) is 29.8 Å². The third-order valence-electron chi connectivity index (χ3n) is 6.15. The number of benzene rings is 2. The van der Waals surface area contributed by atoms with E-state index >= 15 is 0 Å². The first kappa shape index (κ1) is 29.7. The summed E-state index contributed by atoms with van der Waals surface area (Å²) in [5, 5.41) is 28.5. The Morgan fingerprint density at radius 1 is 1.02 bits per heavy atom. The maximum absolute atomic E-state index is 13.4. The molecule has 0 spiro atoms. The lowest BCUT2D eigenvalue weighted by Crippen LogP contribution is -2.20. The first-order valence-corrected chi connectivity index (χ1v) is 15.8. The summed E-state index contributed by atoms with van der Waals surface area (Å²) in [6.07, 6.45) is 2.44. The molecule has 0 aliphatic heterocycles. The number of hydrogen-bond acceptors (Lipinski definition) is 11. The van der Waals surface area contributed by atoms with Crippen LogP contribution in [0.4, 0.5) is 0 Å². The van der Waals surface area contributed by atoms with Crippen LogP contribution in [0.1, 0.15) is 28.6 Å². The quantitative estimate of drug-likeness (QED) is 0.284. The molecule has 0 fully saturated rings. The highest BCUT2D eigenvalue weighted by Crippen LogP contribution is 2.37. The number of aromatic nitrogens is 4. The molecule has 2 aromatic carbocycles. The van der Waals surface area contributed by atoms with Crippen molar-refractivity contribution in [3.05, 3.63) is 77.4 Å². The summed E-state index contributed by atoms with van der Waals surface area (Å²) in [7, 11) is -5.10. The van der Waals surface area contributed by atoms with Crippen molar-refractivity contribution < 1.29 is 31.4 Å². The van der Waals surface area contributed by atoms with Crippen molar-refractivity contribution in [2.75, 3.05) is 26.2 Å². The summed E-state index contributed by atoms with van der Waals surface area (Å²) in [5.74, 6) is -0.485. The number of sulfone groups is 2. The van der Waals surface area contributed by atoms with Crippen molar-refractivity contribution in [2.45, 2.75) is 23.7 Å². The van der Waals surface area contributed by atoms with Crippen LogP contribution < -0.4 is 9.47 Å². The monoisotopic (exact) mass is 597 g/mol. The average molecular weight is 598 g/mol. The normalized spacial score (nSPS) is 12.5. The lowest BCUT2D eigenvalue weighted by molar-refractivity contribution is 0.198. The molecule has 0 radical (unpaired) electrons. The Labute approximate surface area is 237 Å². The van der Waals surface area contributed by atoms with E-state index < -0.39 is 37.3 Å². The molecular formula is C27H27N5O7S2. The molecule has 1 atom stereocenters. The van der Waals surface area contributed by atoms with Crippen LogP contribution in [0, 0.1) is 18.3 Å². The van der Waals surface area contributed by atoms with Gasteiger partial charge < -0.3 is 14.6 Å². The van der Waals surface area contributed by atoms with Gasteiger partial charge in [0.2, 0.25) is 0 Å². The predicted molar refractivity (Wildman–Crippen MR) is 149 cm³/mol. The number of nitriles is 1. The second-order valence-corrected chi connectivity index (χ2v) is 13.3. The number of nitrogens with zero attached hydrogens (tertiary/aromatic N) is 5. The lowest BCUT2D eigenvalue weighted by atomic mass is 10.1. The molecule has 214 valence electrons. The van der Waals surface area contributed by atoms with Crippen LogP contribution in [0.5, 0.6) is 11.5 Å². The van der Waals surface area contributed by atoms with Gasteiger partial charge in [-0.3, -0.25) is 9.55 Å². The van der Waals surface area contributed by atoms with E-state index in [-0.39, 0.29) is 27.7 Å². The topological polar surface area (TPSA) is 174 Å². The molecular weight excluding hydrogens is 570 g/mol. The molecule has 2 heterocycles. The number of methoxy groups -OCH3 is 2. The molecule has 0 saturated carbocycles. The van der Waals surface area contributed by atoms with Crippen LogP contribution >= 0.6 is 0 Å². The molecule has 0 aliphatic carbocycles. The van der Waals surface area contributed by atoms with Gasteiger partial charge in [0.1, 0.15) is 22.9 Å². The number of aliphatic hydroxyl groups excluding tert-OH is 1. The Bertz CT molecular complexity index is 1840. The fourth-order valence-electron chi connectivity index (χ4n) is 4.35. The van der Waals surface area contributed by atoms with Gasteiger partial charge in [0.25, 0.3) is 0 Å². The van der Waals surface area contributed by atoms with Gasteiger partial charge in [0.15, 0.2) is 31.3 Å². The van der Waals surface area contributed by atoms with Crippen molar-refractivity contribution in [1.82, 2.24) is 19.7 Å². The molecule has 0 unspecified atom stereocenters. The van der Waals surface area contributed by atoms with E-state index in [2.05, 4.69) is 15.2 Å². The lowest BCUT2D eigenvalue weighted by Gasteiger charge is -2.18. The smallest absolute Gasteiger partial charge is 0.175 e. The summed E-state index contributed by atoms with van der Waals surface area (Å²) >= 11 is 0. The van der Waals surface area contributed by atoms with E-state index in [4.69, 9.17) is 14.7 Å². The van der Waals surface area contributed by atoms with Gasteiger partial charge in [-0.25, -0.2) is 16.8 Å². The van der Waals surface area contributed by atoms with Crippen LogP contribution in [0.3, 0.4) is 0 Å². The van der Waals surface area contributed by atoms with Crippen molar-refractivity contribution in [2.24, 2.45) is 0 Å². The second-order valence-electron chi connectivity index (χ2n) is 9.24. The molecule has 0 bridgehead atoms. The highest BCUT2D eigenvalue weighted by atomic mass is 32.2. The van der Waals surface area contributed by atoms with Crippen LogP contribution in [0.2, 0.25) is 0 Å². The Hall–Kier alpha value is -4.32. The van der Waals surface area contributed by atoms with Gasteiger partial charge in [-0.05, 0) is 42.8 Å². The third kappa shape index (κ3) is 6.37. The van der Waals surface area contributed by atoms with E-state index in [1.165, 1.54) is 30.9 Å². The van der Waals surface area contributed by atoms with Gasteiger partial charge in [-0.1, -0.05) is 12.1 Å². The highest BCUT2D eigenvalue weighted by molar-refractivity contribution is 7.91. The predicted octanol–water partition coefficient (Wildman–Crippen LogP) is 2.58. The van der Waals surface area contributed by atoms with Gasteiger partial charge in [-0.15, -0.1) is 10.2 Å². The van der Waals surface area contributed by atoms with Gasteiger partial charge in [-0.2, -0.15) is 5.26 Å². The number of aliphatic hydroxyl groups is 1. The summed E-state index contributed by atoms with van der Waals surface area (Å²) in [4.78, 5) is 3.89. The zero-order chi connectivity index (χ0) is 29.9. The number of ether oxygens (including phenoxy) is 2. The Balaban J connectivity index is 1.81. The molecule has 0 saturated heterocycles. The number of hydrogen-bond donors (Lipinski definition) is 1. The van der Waals surface area contributed by atoms with Crippen molar-refractivity contribution in [3.63, 3.8) is 0 Å². The third-order valence-corrected chi connectivity index (χ3v) is 8.82. The Morgan fingerprint density at radius 2 is 1.71 bits per heavy atom. The van der Waals surface area contributed by atoms with Gasteiger partial charge in [0.05, 0.1) is 42.6 Å². The van der Waals surface area contributed by atoms with E-state index in [1.807, 2.05) is 19.1 Å². The largest absolute Gasteiger partial charge is 0.494 e. The first-order chi connectivity index (χ1) is 19.4. The summed E-state index contributed by atoms with van der Waals surface area (Å²) in [5.41, 5.74) is 1.68. The molecule has 0 amide bonds. The molecule has 41 heavy (non-hydrogen) atoms. The van der Waals surface area contributed by atoms with E-state index in [0.717, 1.165) is 17.9 Å². The second kappa shape index (κ2) is 11.7. The Kier molecular flexibility index (Phi) is 8.43. The van der Waals surface area contributed by atoms with E-state index in [9.17, 15) is 21.9 Å². The summed E-state index contributed by atoms with van der Waals surface area (Å²) < 4.78 is 64.2. The zero-order valence-corrected chi connectivity index (χ0v) is 24.3. The van der Waals surface area contributed by atoms with E-state index in [0.29, 0.717) is 22.7 Å². The molecule has 1 N–H and O–H groups in total. The van der Waals surface area contributed by atoms with Crippen LogP contribution in [-0.4, -0.2) is 67.9 Å². The van der Waals surface area contributed by atoms with Crippen LogP contribution in [0.25, 0.3) is 17.1 Å². The fraction of sp³-hybridized carbons (Fsp3) is 0.259. The maximum atomic E-state index is 13.4. The summed E-state index contributed by atoms with van der Waals surface area (Å²) in [6, 6.07) is 12.4. The maximum Gasteiger partial charge on any atom is 0.175 e. The number of rotatable bonds is 10. The number of pyridine rings is 1.